The molecule has 0 aromatic carbocycles. The summed E-state index contributed by atoms with van der Waals surface area (Å²) >= 11 is 0. The Balaban J connectivity index is 0. The summed E-state index contributed by atoms with van der Waals surface area (Å²) in [7, 11) is 0. The first-order chi connectivity index (χ1) is 9.04. The smallest absolute Gasteiger partial charge is 0.327 e. The number of carboxylic acid groups (broad SMARTS) is 2. The Morgan fingerprint density at radius 1 is 1.00 bits per heavy atom. The monoisotopic (exact) mass is 278 g/mol. The minimum Gasteiger partial charge on any atom is -0.481 e. The molecule has 2 N–H and O–H groups in total. The van der Waals surface area contributed by atoms with E-state index >= 15 is 0 Å². The van der Waals surface area contributed by atoms with Gasteiger partial charge >= 0.3 is 11.9 Å². The molecule has 0 aromatic rings. The van der Waals surface area contributed by atoms with Crippen molar-refractivity contribution in [3.8, 4) is 0 Å². The highest BCUT2D eigenvalue weighted by Crippen LogP contribution is 1.87. The largest absolute Gasteiger partial charge is 0.481 e. The van der Waals surface area contributed by atoms with E-state index in [1.807, 2.05) is 0 Å². The molecule has 0 aliphatic carbocycles. The number of carboxylic acids is 2. The first kappa shape index (κ1) is 18.8. The molecule has 0 aliphatic rings. The number of hydrogen-bond acceptors (Lipinski definition) is 8. The van der Waals surface area contributed by atoms with E-state index in [1.54, 1.807) is 0 Å². The van der Waals surface area contributed by atoms with Crippen LogP contribution in [0.25, 0.3) is 0 Å². The maximum Gasteiger partial charge on any atom is 0.327 e. The van der Waals surface area contributed by atoms with Gasteiger partial charge in [-0.2, -0.15) is 10.2 Å². The van der Waals surface area contributed by atoms with E-state index in [0.29, 0.717) is 12.9 Å². The second-order valence-electron chi connectivity index (χ2n) is 2.69. The standard InChI is InChI=1S/C5H8O4.C4H6N2O4/c6-4-9-3-1-2-5(7)8;7-3-10-2-6-5-1-4(8)9/h4H,1-3H2,(H,7,8);3H,1-2H2,(H,8,9). The van der Waals surface area contributed by atoms with Crippen LogP contribution in [0.5, 0.6) is 0 Å². The van der Waals surface area contributed by atoms with Crippen LogP contribution in [-0.2, 0) is 28.7 Å². The molecule has 0 bridgehead atoms. The second kappa shape index (κ2) is 15.5. The van der Waals surface area contributed by atoms with Crippen molar-refractivity contribution in [2.24, 2.45) is 10.2 Å². The van der Waals surface area contributed by atoms with Crippen LogP contribution >= 0.6 is 0 Å². The zero-order chi connectivity index (χ0) is 14.9. The normalized spacial score (nSPS) is 9.05. The van der Waals surface area contributed by atoms with E-state index in [-0.39, 0.29) is 26.2 Å². The first-order valence-corrected chi connectivity index (χ1v) is 4.92. The molecule has 0 heterocycles. The Bertz CT molecular complexity index is 305. The molecule has 0 saturated carbocycles. The average Bonchev–Trinajstić information content (AvgIpc) is 2.35. The van der Waals surface area contributed by atoms with Crippen LogP contribution in [0.1, 0.15) is 12.8 Å². The SMILES string of the molecule is O=COCCCC(=O)O.O=COCN=NCC(=O)O. The Hall–Kier alpha value is -2.52. The zero-order valence-electron chi connectivity index (χ0n) is 9.93. The highest BCUT2D eigenvalue weighted by atomic mass is 16.5. The van der Waals surface area contributed by atoms with Crippen LogP contribution in [0, 0.1) is 0 Å². The summed E-state index contributed by atoms with van der Waals surface area (Å²) in [5, 5.41) is 22.4. The number of azo groups is 1. The molecule has 10 heteroatoms. The van der Waals surface area contributed by atoms with Gasteiger partial charge in [0.05, 0.1) is 6.61 Å². The average molecular weight is 278 g/mol. The van der Waals surface area contributed by atoms with E-state index in [4.69, 9.17) is 10.2 Å². The lowest BCUT2D eigenvalue weighted by molar-refractivity contribution is -0.138. The predicted molar refractivity (Wildman–Crippen MR) is 58.3 cm³/mol. The Morgan fingerprint density at radius 2 is 1.63 bits per heavy atom. The Labute approximate surface area is 108 Å². The van der Waals surface area contributed by atoms with Crippen LogP contribution < -0.4 is 0 Å². The minimum atomic E-state index is -1.07. The lowest BCUT2D eigenvalue weighted by Crippen LogP contribution is -1.98. The fourth-order valence-electron chi connectivity index (χ4n) is 0.570. The number of aliphatic carboxylic acids is 2. The van der Waals surface area contributed by atoms with Crippen molar-refractivity contribution >= 4 is 24.9 Å². The number of carbonyl (C=O) groups excluding carboxylic acids is 2. The van der Waals surface area contributed by atoms with Crippen molar-refractivity contribution in [2.75, 3.05) is 19.9 Å². The molecular formula is C9H14N2O8. The summed E-state index contributed by atoms with van der Waals surface area (Å²) in [6.45, 7) is 0.0798. The topological polar surface area (TPSA) is 152 Å². The van der Waals surface area contributed by atoms with Gasteiger partial charge in [-0.3, -0.25) is 19.2 Å². The van der Waals surface area contributed by atoms with Gasteiger partial charge in [0.25, 0.3) is 12.9 Å². The summed E-state index contributed by atoms with van der Waals surface area (Å²) in [4.78, 5) is 38.5. The molecular weight excluding hydrogens is 264 g/mol. The maximum absolute atomic E-state index is 9.82. The first-order valence-electron chi connectivity index (χ1n) is 4.92. The molecule has 0 spiro atoms. The van der Waals surface area contributed by atoms with E-state index in [1.165, 1.54) is 0 Å². The molecule has 0 radical (unpaired) electrons. The van der Waals surface area contributed by atoms with Crippen LogP contribution in [0.4, 0.5) is 0 Å². The predicted octanol–water partition coefficient (Wildman–Crippen LogP) is -0.322. The van der Waals surface area contributed by atoms with E-state index in [9.17, 15) is 19.2 Å². The number of ether oxygens (including phenoxy) is 2. The lowest BCUT2D eigenvalue weighted by atomic mass is 10.3. The van der Waals surface area contributed by atoms with Crippen LogP contribution in [0.2, 0.25) is 0 Å². The number of nitrogens with zero attached hydrogens (tertiary/aromatic N) is 2. The van der Waals surface area contributed by atoms with Gasteiger partial charge in [0.2, 0.25) is 6.73 Å². The van der Waals surface area contributed by atoms with Crippen molar-refractivity contribution in [3.63, 3.8) is 0 Å². The fourth-order valence-corrected chi connectivity index (χ4v) is 0.570. The number of hydrogen-bond donors (Lipinski definition) is 2. The van der Waals surface area contributed by atoms with E-state index in [0.717, 1.165) is 0 Å². The van der Waals surface area contributed by atoms with Crippen molar-refractivity contribution in [2.45, 2.75) is 12.8 Å². The van der Waals surface area contributed by atoms with Gasteiger partial charge in [-0.05, 0) is 6.42 Å². The van der Waals surface area contributed by atoms with Gasteiger partial charge in [0.15, 0.2) is 6.54 Å². The van der Waals surface area contributed by atoms with Crippen molar-refractivity contribution in [1.29, 1.82) is 0 Å². The highest BCUT2D eigenvalue weighted by Gasteiger charge is 1.94. The summed E-state index contributed by atoms with van der Waals surface area (Å²) in [5.41, 5.74) is 0. The Kier molecular flexibility index (Phi) is 15.3. The third-order valence-corrected chi connectivity index (χ3v) is 1.23. The molecule has 0 rings (SSSR count). The number of carbonyl (C=O) groups is 4. The molecule has 0 aliphatic heterocycles. The van der Waals surface area contributed by atoms with E-state index < -0.39 is 18.5 Å². The van der Waals surface area contributed by atoms with Gasteiger partial charge in [0.1, 0.15) is 0 Å². The summed E-state index contributed by atoms with van der Waals surface area (Å²) < 4.78 is 8.32. The van der Waals surface area contributed by atoms with E-state index in [2.05, 4.69) is 19.7 Å². The van der Waals surface area contributed by atoms with Crippen molar-refractivity contribution < 1.29 is 38.9 Å². The quantitative estimate of drug-likeness (QED) is 0.313. The minimum absolute atomic E-state index is 0.0494. The van der Waals surface area contributed by atoms with Gasteiger partial charge in [0, 0.05) is 6.42 Å². The summed E-state index contributed by atoms with van der Waals surface area (Å²) in [5.74, 6) is -1.95. The van der Waals surface area contributed by atoms with Crippen molar-refractivity contribution in [3.05, 3.63) is 0 Å². The Morgan fingerprint density at radius 3 is 2.11 bits per heavy atom. The second-order valence-corrected chi connectivity index (χ2v) is 2.69. The third kappa shape index (κ3) is 25.6. The van der Waals surface area contributed by atoms with Gasteiger partial charge in [-0.25, -0.2) is 0 Å². The number of rotatable bonds is 10. The molecule has 0 unspecified atom stereocenters. The van der Waals surface area contributed by atoms with Gasteiger partial charge < -0.3 is 19.7 Å². The lowest BCUT2D eigenvalue weighted by Gasteiger charge is -1.92. The fraction of sp³-hybridized carbons (Fsp3) is 0.556. The highest BCUT2D eigenvalue weighted by molar-refractivity contribution is 5.69. The summed E-state index contributed by atoms with van der Waals surface area (Å²) in [6, 6.07) is 0. The molecule has 10 nitrogen and oxygen atoms in total. The van der Waals surface area contributed by atoms with Crippen LogP contribution in [0.15, 0.2) is 10.2 Å². The molecule has 0 atom stereocenters. The molecule has 19 heavy (non-hydrogen) atoms. The van der Waals surface area contributed by atoms with Gasteiger partial charge in [-0.1, -0.05) is 0 Å². The third-order valence-electron chi connectivity index (χ3n) is 1.23. The molecule has 0 saturated heterocycles. The molecule has 0 aromatic heterocycles. The zero-order valence-corrected chi connectivity index (χ0v) is 9.93. The summed E-state index contributed by atoms with van der Waals surface area (Å²) in [6.07, 6.45) is 0.432. The molecule has 0 amide bonds. The van der Waals surface area contributed by atoms with Gasteiger partial charge in [-0.15, -0.1) is 0 Å². The maximum atomic E-state index is 9.82. The van der Waals surface area contributed by atoms with Crippen molar-refractivity contribution in [1.82, 2.24) is 0 Å². The molecule has 0 fully saturated rings. The van der Waals surface area contributed by atoms with Crippen LogP contribution in [-0.4, -0.2) is 55.0 Å². The molecule has 108 valence electrons. The van der Waals surface area contributed by atoms with Crippen LogP contribution in [0.3, 0.4) is 0 Å².